The molecule has 1 aromatic heterocycles. The van der Waals surface area contributed by atoms with Crippen LogP contribution in [-0.2, 0) is 11.3 Å². The molecule has 0 bridgehead atoms. The molecule has 1 fully saturated rings. The van der Waals surface area contributed by atoms with E-state index in [2.05, 4.69) is 12.1 Å². The fourth-order valence-electron chi connectivity index (χ4n) is 3.38. The fourth-order valence-corrected chi connectivity index (χ4v) is 3.38. The number of amides is 1. The standard InChI is InChI=1S/C19H18N2O3/c22-18(13-21-16-8-4-5-9-17(16)24-19(21)23)20-11-10-15(12-20)14-6-2-1-3-7-14/h1-9,15H,10-13H2/t15-/m1/s1. The minimum absolute atomic E-state index is 0.0252. The Morgan fingerprint density at radius 2 is 1.83 bits per heavy atom. The van der Waals surface area contributed by atoms with Crippen LogP contribution in [0, 0.1) is 0 Å². The quantitative estimate of drug-likeness (QED) is 0.745. The van der Waals surface area contributed by atoms with Gasteiger partial charge in [-0.05, 0) is 24.1 Å². The molecule has 0 unspecified atom stereocenters. The molecule has 1 amide bonds. The Bertz CT molecular complexity index is 926. The van der Waals surface area contributed by atoms with Gasteiger partial charge >= 0.3 is 5.76 Å². The van der Waals surface area contributed by atoms with E-state index in [0.717, 1.165) is 13.0 Å². The second-order valence-corrected chi connectivity index (χ2v) is 6.16. The van der Waals surface area contributed by atoms with Gasteiger partial charge in [-0.2, -0.15) is 0 Å². The van der Waals surface area contributed by atoms with Crippen molar-refractivity contribution in [2.45, 2.75) is 18.9 Å². The highest BCUT2D eigenvalue weighted by atomic mass is 16.4. The van der Waals surface area contributed by atoms with Gasteiger partial charge < -0.3 is 9.32 Å². The first kappa shape index (κ1) is 14.8. The first-order chi connectivity index (χ1) is 11.7. The molecule has 1 atom stereocenters. The summed E-state index contributed by atoms with van der Waals surface area (Å²) >= 11 is 0. The van der Waals surface area contributed by atoms with E-state index in [1.165, 1.54) is 10.1 Å². The highest BCUT2D eigenvalue weighted by Crippen LogP contribution is 2.27. The summed E-state index contributed by atoms with van der Waals surface area (Å²) in [6.45, 7) is 1.45. The van der Waals surface area contributed by atoms with Crippen molar-refractivity contribution in [1.29, 1.82) is 0 Å². The summed E-state index contributed by atoms with van der Waals surface area (Å²) in [5.74, 6) is -0.154. The van der Waals surface area contributed by atoms with Gasteiger partial charge in [0.1, 0.15) is 6.54 Å². The van der Waals surface area contributed by atoms with E-state index >= 15 is 0 Å². The number of likely N-dealkylation sites (tertiary alicyclic amines) is 1. The van der Waals surface area contributed by atoms with Crippen molar-refractivity contribution < 1.29 is 9.21 Å². The summed E-state index contributed by atoms with van der Waals surface area (Å²) in [6, 6.07) is 17.4. The lowest BCUT2D eigenvalue weighted by Gasteiger charge is -2.17. The Morgan fingerprint density at radius 1 is 1.08 bits per heavy atom. The number of carbonyl (C=O) groups is 1. The molecule has 2 heterocycles. The highest BCUT2D eigenvalue weighted by molar-refractivity contribution is 5.79. The molecule has 1 aliphatic rings. The van der Waals surface area contributed by atoms with E-state index < -0.39 is 5.76 Å². The summed E-state index contributed by atoms with van der Waals surface area (Å²) in [7, 11) is 0. The molecule has 4 rings (SSSR count). The van der Waals surface area contributed by atoms with Crippen molar-refractivity contribution in [3.8, 4) is 0 Å². The predicted molar refractivity (Wildman–Crippen MR) is 90.9 cm³/mol. The van der Waals surface area contributed by atoms with E-state index in [9.17, 15) is 9.59 Å². The lowest BCUT2D eigenvalue weighted by atomic mass is 9.99. The van der Waals surface area contributed by atoms with Gasteiger partial charge in [0.05, 0.1) is 5.52 Å². The second kappa shape index (κ2) is 6.00. The predicted octanol–water partition coefficient (Wildman–Crippen LogP) is 2.61. The minimum Gasteiger partial charge on any atom is -0.408 e. The number of oxazole rings is 1. The summed E-state index contributed by atoms with van der Waals surface area (Å²) in [4.78, 5) is 26.4. The molecule has 122 valence electrons. The topological polar surface area (TPSA) is 55.5 Å². The number of carbonyl (C=O) groups excluding carboxylic acids is 1. The molecule has 0 N–H and O–H groups in total. The number of benzene rings is 2. The molecule has 1 aliphatic heterocycles. The van der Waals surface area contributed by atoms with Crippen LogP contribution in [0.2, 0.25) is 0 Å². The summed E-state index contributed by atoms with van der Waals surface area (Å²) in [6.07, 6.45) is 0.955. The zero-order chi connectivity index (χ0) is 16.5. The summed E-state index contributed by atoms with van der Waals surface area (Å²) < 4.78 is 6.60. The van der Waals surface area contributed by atoms with Gasteiger partial charge in [-0.25, -0.2) is 4.79 Å². The maximum absolute atomic E-state index is 12.6. The van der Waals surface area contributed by atoms with Gasteiger partial charge in [0.25, 0.3) is 0 Å². The number of fused-ring (bicyclic) bond motifs is 1. The Hall–Kier alpha value is -2.82. The lowest BCUT2D eigenvalue weighted by Crippen LogP contribution is -2.34. The van der Waals surface area contributed by atoms with E-state index in [4.69, 9.17) is 4.42 Å². The SMILES string of the molecule is O=C(Cn1c(=O)oc2ccccc21)N1CC[C@@H](c2ccccc2)C1. The van der Waals surface area contributed by atoms with Crippen LogP contribution in [0.1, 0.15) is 17.9 Å². The van der Waals surface area contributed by atoms with Crippen molar-refractivity contribution in [3.05, 3.63) is 70.7 Å². The molecule has 0 spiro atoms. The van der Waals surface area contributed by atoms with Gasteiger partial charge in [0.15, 0.2) is 5.58 Å². The third-order valence-corrected chi connectivity index (χ3v) is 4.68. The molecule has 1 saturated heterocycles. The molecule has 0 radical (unpaired) electrons. The fraction of sp³-hybridized carbons (Fsp3) is 0.263. The third kappa shape index (κ3) is 2.62. The van der Waals surface area contributed by atoms with E-state index in [0.29, 0.717) is 23.6 Å². The van der Waals surface area contributed by atoms with Crippen LogP contribution in [0.25, 0.3) is 11.1 Å². The van der Waals surface area contributed by atoms with Crippen LogP contribution in [0.3, 0.4) is 0 Å². The number of nitrogens with zero attached hydrogens (tertiary/aromatic N) is 2. The number of hydrogen-bond donors (Lipinski definition) is 0. The van der Waals surface area contributed by atoms with Crippen LogP contribution in [-0.4, -0.2) is 28.5 Å². The summed E-state index contributed by atoms with van der Waals surface area (Å²) in [5.41, 5.74) is 2.44. The zero-order valence-electron chi connectivity index (χ0n) is 13.2. The van der Waals surface area contributed by atoms with Crippen molar-refractivity contribution in [3.63, 3.8) is 0 Å². The molecule has 0 aliphatic carbocycles. The molecule has 3 aromatic rings. The van der Waals surface area contributed by atoms with Crippen LogP contribution < -0.4 is 5.76 Å². The smallest absolute Gasteiger partial charge is 0.408 e. The van der Waals surface area contributed by atoms with Crippen molar-refractivity contribution >= 4 is 17.0 Å². The van der Waals surface area contributed by atoms with Crippen molar-refractivity contribution in [1.82, 2.24) is 9.47 Å². The average Bonchev–Trinajstić information content (AvgIpc) is 3.21. The summed E-state index contributed by atoms with van der Waals surface area (Å²) in [5, 5.41) is 0. The van der Waals surface area contributed by atoms with Crippen molar-refractivity contribution in [2.24, 2.45) is 0 Å². The van der Waals surface area contributed by atoms with Crippen LogP contribution in [0.5, 0.6) is 0 Å². The highest BCUT2D eigenvalue weighted by Gasteiger charge is 2.27. The lowest BCUT2D eigenvalue weighted by molar-refractivity contribution is -0.130. The first-order valence-electron chi connectivity index (χ1n) is 8.13. The maximum atomic E-state index is 12.6. The van der Waals surface area contributed by atoms with Crippen LogP contribution in [0.4, 0.5) is 0 Å². The Labute approximate surface area is 139 Å². The maximum Gasteiger partial charge on any atom is 0.420 e. The van der Waals surface area contributed by atoms with Gasteiger partial charge in [0, 0.05) is 19.0 Å². The zero-order valence-corrected chi connectivity index (χ0v) is 13.2. The largest absolute Gasteiger partial charge is 0.420 e. The Balaban J connectivity index is 1.51. The molecule has 5 heteroatoms. The normalized spacial score (nSPS) is 17.5. The molecule has 0 saturated carbocycles. The Morgan fingerprint density at radius 3 is 2.67 bits per heavy atom. The van der Waals surface area contributed by atoms with Crippen LogP contribution >= 0.6 is 0 Å². The molecular formula is C19H18N2O3. The number of para-hydroxylation sites is 2. The van der Waals surface area contributed by atoms with Gasteiger partial charge in [-0.1, -0.05) is 42.5 Å². The van der Waals surface area contributed by atoms with Gasteiger partial charge in [-0.15, -0.1) is 0 Å². The number of aromatic nitrogens is 1. The molecule has 5 nitrogen and oxygen atoms in total. The Kier molecular flexibility index (Phi) is 3.69. The molecule has 24 heavy (non-hydrogen) atoms. The van der Waals surface area contributed by atoms with Gasteiger partial charge in [-0.3, -0.25) is 9.36 Å². The van der Waals surface area contributed by atoms with E-state index in [1.54, 1.807) is 12.1 Å². The number of rotatable bonds is 3. The number of hydrogen-bond acceptors (Lipinski definition) is 3. The van der Waals surface area contributed by atoms with E-state index in [-0.39, 0.29) is 12.5 Å². The minimum atomic E-state index is -0.483. The molecule has 2 aromatic carbocycles. The van der Waals surface area contributed by atoms with Gasteiger partial charge in [0.2, 0.25) is 5.91 Å². The monoisotopic (exact) mass is 322 g/mol. The molecular weight excluding hydrogens is 304 g/mol. The van der Waals surface area contributed by atoms with Crippen LogP contribution in [0.15, 0.2) is 63.8 Å². The average molecular weight is 322 g/mol. The third-order valence-electron chi connectivity index (χ3n) is 4.68. The van der Waals surface area contributed by atoms with E-state index in [1.807, 2.05) is 35.2 Å². The van der Waals surface area contributed by atoms with Crippen molar-refractivity contribution in [2.75, 3.05) is 13.1 Å². The second-order valence-electron chi connectivity index (χ2n) is 6.16. The first-order valence-corrected chi connectivity index (χ1v) is 8.13.